The summed E-state index contributed by atoms with van der Waals surface area (Å²) >= 11 is 0. The summed E-state index contributed by atoms with van der Waals surface area (Å²) in [7, 11) is 0. The number of rotatable bonds is 4. The zero-order chi connectivity index (χ0) is 9.52. The quantitative estimate of drug-likeness (QED) is 0.525. The van der Waals surface area contributed by atoms with Crippen LogP contribution >= 0.6 is 0 Å². The molecular weight excluding hydrogens is 175 g/mol. The summed E-state index contributed by atoms with van der Waals surface area (Å²) in [5.74, 6) is 0.335. The number of esters is 1. The smallest absolute Gasteiger partial charge is 0.344 e. The Morgan fingerprint density at radius 2 is 1.93 bits per heavy atom. The molecular formula is C10H12LiO3. The summed E-state index contributed by atoms with van der Waals surface area (Å²) in [6, 6.07) is 9.16. The van der Waals surface area contributed by atoms with E-state index in [0.29, 0.717) is 12.4 Å². The topological polar surface area (TPSA) is 35.5 Å². The van der Waals surface area contributed by atoms with Crippen LogP contribution in [0.5, 0.6) is 5.75 Å². The monoisotopic (exact) mass is 187 g/mol. The van der Waals surface area contributed by atoms with Gasteiger partial charge in [-0.15, -0.1) is 0 Å². The molecule has 0 fully saturated rings. The second kappa shape index (κ2) is 7.49. The molecule has 0 saturated heterocycles. The van der Waals surface area contributed by atoms with E-state index in [1.54, 1.807) is 19.1 Å². The predicted molar refractivity (Wildman–Crippen MR) is 54.3 cm³/mol. The fourth-order valence-electron chi connectivity index (χ4n) is 0.862. The van der Waals surface area contributed by atoms with Crippen molar-refractivity contribution < 1.29 is 14.3 Å². The van der Waals surface area contributed by atoms with Crippen LogP contribution in [0, 0.1) is 0 Å². The number of benzene rings is 1. The number of carbonyl (C=O) groups excluding carboxylic acids is 1. The number of para-hydroxylation sites is 1. The van der Waals surface area contributed by atoms with Crippen LogP contribution in [0.15, 0.2) is 30.3 Å². The third-order valence-corrected chi connectivity index (χ3v) is 1.41. The van der Waals surface area contributed by atoms with Gasteiger partial charge in [-0.05, 0) is 19.1 Å². The minimum absolute atomic E-state index is 0. The molecule has 0 amide bonds. The first-order valence-corrected chi connectivity index (χ1v) is 4.16. The van der Waals surface area contributed by atoms with E-state index < -0.39 is 0 Å². The van der Waals surface area contributed by atoms with Crippen LogP contribution < -0.4 is 4.74 Å². The molecule has 4 heteroatoms. The van der Waals surface area contributed by atoms with Crippen LogP contribution in [0.2, 0.25) is 0 Å². The number of ether oxygens (including phenoxy) is 2. The molecule has 0 N–H and O–H groups in total. The van der Waals surface area contributed by atoms with Crippen molar-refractivity contribution in [1.82, 2.24) is 0 Å². The molecule has 71 valence electrons. The minimum atomic E-state index is -0.341. The SMILES string of the molecule is CCOC(=O)COc1ccccc1.[Li]. The van der Waals surface area contributed by atoms with Crippen molar-refractivity contribution in [2.75, 3.05) is 13.2 Å². The molecule has 0 unspecified atom stereocenters. The van der Waals surface area contributed by atoms with Gasteiger partial charge in [-0.1, -0.05) is 18.2 Å². The summed E-state index contributed by atoms with van der Waals surface area (Å²) in [5, 5.41) is 0. The summed E-state index contributed by atoms with van der Waals surface area (Å²) < 4.78 is 9.85. The third kappa shape index (κ3) is 4.96. The maximum atomic E-state index is 10.9. The summed E-state index contributed by atoms with van der Waals surface area (Å²) in [5.41, 5.74) is 0. The molecule has 1 aromatic carbocycles. The molecule has 1 aromatic rings. The number of hydrogen-bond donors (Lipinski definition) is 0. The van der Waals surface area contributed by atoms with Crippen LogP contribution in [-0.2, 0) is 9.53 Å². The first-order chi connectivity index (χ1) is 6.33. The molecule has 0 atom stereocenters. The van der Waals surface area contributed by atoms with Crippen molar-refractivity contribution in [3.8, 4) is 5.75 Å². The molecule has 0 aliphatic heterocycles. The maximum absolute atomic E-state index is 10.9. The standard InChI is InChI=1S/C10H12O3.Li/c1-2-12-10(11)8-13-9-6-4-3-5-7-9;/h3-7H,2,8H2,1H3;. The number of hydrogen-bond acceptors (Lipinski definition) is 3. The van der Waals surface area contributed by atoms with Gasteiger partial charge in [0.15, 0.2) is 6.61 Å². The van der Waals surface area contributed by atoms with E-state index in [0.717, 1.165) is 0 Å². The summed E-state index contributed by atoms with van der Waals surface area (Å²) in [6.07, 6.45) is 0. The average molecular weight is 187 g/mol. The average Bonchev–Trinajstić information content (AvgIpc) is 2.17. The van der Waals surface area contributed by atoms with Crippen molar-refractivity contribution in [3.63, 3.8) is 0 Å². The van der Waals surface area contributed by atoms with Gasteiger partial charge in [0.1, 0.15) is 5.75 Å². The molecule has 1 rings (SSSR count). The molecule has 0 heterocycles. The Morgan fingerprint density at radius 3 is 2.50 bits per heavy atom. The van der Waals surface area contributed by atoms with Crippen molar-refractivity contribution in [2.45, 2.75) is 6.92 Å². The van der Waals surface area contributed by atoms with Gasteiger partial charge in [0, 0.05) is 18.9 Å². The van der Waals surface area contributed by atoms with Gasteiger partial charge in [-0.2, -0.15) is 0 Å². The van der Waals surface area contributed by atoms with Crippen molar-refractivity contribution in [1.29, 1.82) is 0 Å². The minimum Gasteiger partial charge on any atom is -0.482 e. The van der Waals surface area contributed by atoms with E-state index in [-0.39, 0.29) is 31.4 Å². The zero-order valence-electron chi connectivity index (χ0n) is 8.53. The van der Waals surface area contributed by atoms with Gasteiger partial charge in [0.25, 0.3) is 0 Å². The molecule has 0 bridgehead atoms. The van der Waals surface area contributed by atoms with Crippen LogP contribution in [0.1, 0.15) is 6.92 Å². The fourth-order valence-corrected chi connectivity index (χ4v) is 0.862. The Labute approximate surface area is 95.6 Å². The van der Waals surface area contributed by atoms with Crippen molar-refractivity contribution in [3.05, 3.63) is 30.3 Å². The van der Waals surface area contributed by atoms with Gasteiger partial charge >= 0.3 is 5.97 Å². The Bertz CT molecular complexity index is 261. The van der Waals surface area contributed by atoms with E-state index in [4.69, 9.17) is 9.47 Å². The van der Waals surface area contributed by atoms with Crippen molar-refractivity contribution >= 4 is 24.8 Å². The van der Waals surface area contributed by atoms with E-state index in [9.17, 15) is 4.79 Å². The predicted octanol–water partition coefficient (Wildman–Crippen LogP) is 1.25. The summed E-state index contributed by atoms with van der Waals surface area (Å²) in [4.78, 5) is 10.9. The Hall–Kier alpha value is -0.913. The zero-order valence-corrected chi connectivity index (χ0v) is 8.53. The molecule has 1 radical (unpaired) electrons. The second-order valence-corrected chi connectivity index (χ2v) is 2.41. The summed E-state index contributed by atoms with van der Waals surface area (Å²) in [6.45, 7) is 2.12. The van der Waals surface area contributed by atoms with E-state index in [1.807, 2.05) is 18.2 Å². The normalized spacial score (nSPS) is 8.64. The van der Waals surface area contributed by atoms with Gasteiger partial charge < -0.3 is 9.47 Å². The van der Waals surface area contributed by atoms with E-state index in [2.05, 4.69) is 0 Å². The maximum Gasteiger partial charge on any atom is 0.344 e. The van der Waals surface area contributed by atoms with Crippen LogP contribution in [0.3, 0.4) is 0 Å². The molecule has 0 saturated carbocycles. The molecule has 0 spiro atoms. The van der Waals surface area contributed by atoms with Gasteiger partial charge in [0.2, 0.25) is 0 Å². The van der Waals surface area contributed by atoms with Gasteiger partial charge in [0.05, 0.1) is 6.61 Å². The van der Waals surface area contributed by atoms with Crippen LogP contribution in [0.25, 0.3) is 0 Å². The van der Waals surface area contributed by atoms with E-state index >= 15 is 0 Å². The number of carbonyl (C=O) groups is 1. The second-order valence-electron chi connectivity index (χ2n) is 2.41. The first-order valence-electron chi connectivity index (χ1n) is 4.16. The van der Waals surface area contributed by atoms with Crippen LogP contribution in [0.4, 0.5) is 0 Å². The Balaban J connectivity index is 0.00000169. The molecule has 3 nitrogen and oxygen atoms in total. The molecule has 0 aromatic heterocycles. The first kappa shape index (κ1) is 13.1. The largest absolute Gasteiger partial charge is 0.482 e. The van der Waals surface area contributed by atoms with Gasteiger partial charge in [-0.3, -0.25) is 0 Å². The Morgan fingerprint density at radius 1 is 1.29 bits per heavy atom. The molecule has 0 aliphatic carbocycles. The van der Waals surface area contributed by atoms with E-state index in [1.165, 1.54) is 0 Å². The van der Waals surface area contributed by atoms with Crippen molar-refractivity contribution in [2.24, 2.45) is 0 Å². The third-order valence-electron chi connectivity index (χ3n) is 1.41. The molecule has 0 aliphatic rings. The molecule has 14 heavy (non-hydrogen) atoms. The fraction of sp³-hybridized carbons (Fsp3) is 0.300. The van der Waals surface area contributed by atoms with Crippen LogP contribution in [-0.4, -0.2) is 38.0 Å². The Kier molecular flexibility index (Phi) is 7.00. The van der Waals surface area contributed by atoms with Gasteiger partial charge in [-0.25, -0.2) is 4.79 Å².